The van der Waals surface area contributed by atoms with Gasteiger partial charge in [-0.2, -0.15) is 18.4 Å². The third kappa shape index (κ3) is 4.52. The van der Waals surface area contributed by atoms with Crippen LogP contribution in [0.25, 0.3) is 0 Å². The van der Waals surface area contributed by atoms with E-state index in [9.17, 15) is 21.6 Å². The maximum atomic E-state index is 12.5. The van der Waals surface area contributed by atoms with Crippen LogP contribution in [0.15, 0.2) is 35.4 Å². The Morgan fingerprint density at radius 3 is 2.36 bits per heavy atom. The van der Waals surface area contributed by atoms with Crippen molar-refractivity contribution in [1.29, 1.82) is 5.26 Å². The van der Waals surface area contributed by atoms with Gasteiger partial charge in [-0.15, -0.1) is 4.83 Å². The Kier molecular flexibility index (Phi) is 5.43. The fourth-order valence-corrected chi connectivity index (χ4v) is 2.98. The van der Waals surface area contributed by atoms with E-state index >= 15 is 0 Å². The summed E-state index contributed by atoms with van der Waals surface area (Å²) in [6.07, 6.45) is -4.13. The van der Waals surface area contributed by atoms with Crippen LogP contribution in [-0.2, 0) is 16.2 Å². The van der Waals surface area contributed by atoms with Gasteiger partial charge in [-0.05, 0) is 24.3 Å². The van der Waals surface area contributed by atoms with Crippen molar-refractivity contribution in [2.24, 2.45) is 0 Å². The van der Waals surface area contributed by atoms with Crippen molar-refractivity contribution in [2.45, 2.75) is 11.1 Å². The highest BCUT2D eigenvalue weighted by Gasteiger charge is 2.31. The average Bonchev–Trinajstić information content (AvgIpc) is 2.52. The number of alkyl halides is 3. The molecule has 2 rings (SSSR count). The predicted molar refractivity (Wildman–Crippen MR) is 84.4 cm³/mol. The first-order chi connectivity index (χ1) is 11.5. The van der Waals surface area contributed by atoms with Gasteiger partial charge in [0.1, 0.15) is 6.07 Å². The van der Waals surface area contributed by atoms with E-state index in [2.05, 4.69) is 10.4 Å². The maximum Gasteiger partial charge on any atom is 0.417 e. The molecule has 12 heteroatoms. The quantitative estimate of drug-likeness (QED) is 0.750. The van der Waals surface area contributed by atoms with Crippen molar-refractivity contribution in [1.82, 2.24) is 9.82 Å². The number of aromatic nitrogens is 1. The predicted octanol–water partition coefficient (Wildman–Crippen LogP) is 3.58. The molecule has 1 aromatic carbocycles. The fourth-order valence-electron chi connectivity index (χ4n) is 1.61. The largest absolute Gasteiger partial charge is 0.417 e. The lowest BCUT2D eigenvalue weighted by molar-refractivity contribution is -0.137. The topological polar surface area (TPSA) is 94.9 Å². The first kappa shape index (κ1) is 19.3. The molecule has 0 amide bonds. The Morgan fingerprint density at radius 1 is 1.16 bits per heavy atom. The van der Waals surface area contributed by atoms with Crippen LogP contribution in [0, 0.1) is 11.3 Å². The average molecular weight is 411 g/mol. The highest BCUT2D eigenvalue weighted by Crippen LogP contribution is 2.32. The van der Waals surface area contributed by atoms with Crippen LogP contribution in [0.4, 0.5) is 19.0 Å². The number of hydrogen-bond acceptors (Lipinski definition) is 5. The van der Waals surface area contributed by atoms with Gasteiger partial charge in [-0.3, -0.25) is 5.43 Å². The zero-order chi connectivity index (χ0) is 18.8. The number of sulfonamides is 1. The molecule has 1 heterocycles. The lowest BCUT2D eigenvalue weighted by Gasteiger charge is -2.12. The molecule has 0 aliphatic carbocycles. The molecule has 0 aliphatic heterocycles. The molecule has 0 aliphatic rings. The van der Waals surface area contributed by atoms with Gasteiger partial charge >= 0.3 is 6.18 Å². The number of nitriles is 1. The molecule has 0 spiro atoms. The maximum absolute atomic E-state index is 12.5. The Morgan fingerprint density at radius 2 is 1.84 bits per heavy atom. The van der Waals surface area contributed by atoms with E-state index in [1.807, 2.05) is 4.83 Å². The molecule has 132 valence electrons. The van der Waals surface area contributed by atoms with E-state index in [0.29, 0.717) is 12.3 Å². The van der Waals surface area contributed by atoms with E-state index in [1.54, 1.807) is 6.07 Å². The van der Waals surface area contributed by atoms with Crippen LogP contribution < -0.4 is 10.3 Å². The minimum atomic E-state index is -4.63. The minimum absolute atomic E-state index is 0.0731. The van der Waals surface area contributed by atoms with Gasteiger partial charge in [-0.25, -0.2) is 13.4 Å². The smallest absolute Gasteiger partial charge is 0.291 e. The second kappa shape index (κ2) is 7.05. The molecule has 2 aromatic rings. The monoisotopic (exact) mass is 410 g/mol. The standard InChI is InChI=1S/C13H7Cl2F3N4O2S/c14-10-4-9(2-1-7(10)5-19)25(23,24)22-21-12-11(15)3-8(6-20-12)13(16,17)18/h1-4,6,22H,(H,20,21). The zero-order valence-corrected chi connectivity index (χ0v) is 14.2. The molecule has 6 nitrogen and oxygen atoms in total. The van der Waals surface area contributed by atoms with Crippen molar-refractivity contribution in [3.8, 4) is 6.07 Å². The Balaban J connectivity index is 2.20. The van der Waals surface area contributed by atoms with Gasteiger partial charge in [0.15, 0.2) is 5.82 Å². The van der Waals surface area contributed by atoms with E-state index in [1.165, 1.54) is 6.07 Å². The SMILES string of the molecule is N#Cc1ccc(S(=O)(=O)NNc2ncc(C(F)(F)F)cc2Cl)cc1Cl. The lowest BCUT2D eigenvalue weighted by atomic mass is 10.2. The van der Waals surface area contributed by atoms with Gasteiger partial charge in [-0.1, -0.05) is 23.2 Å². The molecule has 0 bridgehead atoms. The first-order valence-electron chi connectivity index (χ1n) is 6.25. The normalized spacial score (nSPS) is 11.8. The third-order valence-corrected chi connectivity index (χ3v) is 4.69. The molecular weight excluding hydrogens is 404 g/mol. The molecule has 0 unspecified atom stereocenters. The van der Waals surface area contributed by atoms with E-state index in [0.717, 1.165) is 12.1 Å². The van der Waals surface area contributed by atoms with Gasteiger partial charge in [0.05, 0.1) is 26.1 Å². The molecule has 0 atom stereocenters. The minimum Gasteiger partial charge on any atom is -0.291 e. The van der Waals surface area contributed by atoms with Crippen LogP contribution in [0.1, 0.15) is 11.1 Å². The van der Waals surface area contributed by atoms with E-state index in [-0.39, 0.29) is 21.3 Å². The van der Waals surface area contributed by atoms with Gasteiger partial charge in [0, 0.05) is 6.20 Å². The summed E-state index contributed by atoms with van der Waals surface area (Å²) < 4.78 is 61.8. The number of nitrogens with one attached hydrogen (secondary N) is 2. The molecule has 2 N–H and O–H groups in total. The molecule has 0 saturated heterocycles. The Hall–Kier alpha value is -2.06. The highest BCUT2D eigenvalue weighted by atomic mass is 35.5. The second-order valence-electron chi connectivity index (χ2n) is 4.54. The summed E-state index contributed by atoms with van der Waals surface area (Å²) in [6, 6.07) is 5.77. The number of anilines is 1. The molecule has 25 heavy (non-hydrogen) atoms. The van der Waals surface area contributed by atoms with Crippen molar-refractivity contribution in [3.63, 3.8) is 0 Å². The Bertz CT molecular complexity index is 959. The summed E-state index contributed by atoms with van der Waals surface area (Å²) in [5, 5.41) is 8.25. The number of benzene rings is 1. The van der Waals surface area contributed by atoms with Crippen LogP contribution >= 0.6 is 23.2 Å². The number of hydrazine groups is 1. The number of halogens is 5. The number of hydrogen-bond donors (Lipinski definition) is 2. The van der Waals surface area contributed by atoms with Crippen LogP contribution in [0.2, 0.25) is 10.0 Å². The lowest BCUT2D eigenvalue weighted by Crippen LogP contribution is -2.30. The Labute approximate surface area is 150 Å². The summed E-state index contributed by atoms with van der Waals surface area (Å²) in [7, 11) is -4.14. The highest BCUT2D eigenvalue weighted by molar-refractivity contribution is 7.89. The molecule has 0 saturated carbocycles. The van der Waals surface area contributed by atoms with Gasteiger partial charge < -0.3 is 0 Å². The molecule has 1 aromatic heterocycles. The first-order valence-corrected chi connectivity index (χ1v) is 8.49. The summed E-state index contributed by atoms with van der Waals surface area (Å²) >= 11 is 11.4. The van der Waals surface area contributed by atoms with Crippen molar-refractivity contribution in [3.05, 3.63) is 51.6 Å². The third-order valence-electron chi connectivity index (χ3n) is 2.84. The molecule has 0 fully saturated rings. The summed E-state index contributed by atoms with van der Waals surface area (Å²) in [6.45, 7) is 0. The van der Waals surface area contributed by atoms with Gasteiger partial charge in [0.25, 0.3) is 10.0 Å². The van der Waals surface area contributed by atoms with Gasteiger partial charge in [0.2, 0.25) is 0 Å². The van der Waals surface area contributed by atoms with Crippen molar-refractivity contribution < 1.29 is 21.6 Å². The molecular formula is C13H7Cl2F3N4O2S. The molecule has 0 radical (unpaired) electrons. The van der Waals surface area contributed by atoms with Crippen LogP contribution in [-0.4, -0.2) is 13.4 Å². The van der Waals surface area contributed by atoms with Crippen molar-refractivity contribution >= 4 is 39.0 Å². The van der Waals surface area contributed by atoms with Crippen molar-refractivity contribution in [2.75, 3.05) is 5.43 Å². The van der Waals surface area contributed by atoms with Crippen LogP contribution in [0.5, 0.6) is 0 Å². The van der Waals surface area contributed by atoms with E-state index < -0.39 is 26.8 Å². The second-order valence-corrected chi connectivity index (χ2v) is 7.03. The summed E-state index contributed by atoms with van der Waals surface area (Å²) in [5.74, 6) is -0.321. The zero-order valence-electron chi connectivity index (χ0n) is 11.9. The number of rotatable bonds is 4. The van der Waals surface area contributed by atoms with E-state index in [4.69, 9.17) is 28.5 Å². The fraction of sp³-hybridized carbons (Fsp3) is 0.0769. The number of pyridine rings is 1. The summed E-state index contributed by atoms with van der Waals surface area (Å²) in [5.41, 5.74) is 1.13. The van der Waals surface area contributed by atoms with Crippen LogP contribution in [0.3, 0.4) is 0 Å². The number of nitrogens with zero attached hydrogens (tertiary/aromatic N) is 2. The summed E-state index contributed by atoms with van der Waals surface area (Å²) in [4.78, 5) is 5.06.